The smallest absolute Gasteiger partial charge is 0.0794 e. The molecule has 0 saturated carbocycles. The summed E-state index contributed by atoms with van der Waals surface area (Å²) in [5, 5.41) is 12.3. The maximum Gasteiger partial charge on any atom is 0.0794 e. The molecule has 0 bridgehead atoms. The van der Waals surface area contributed by atoms with Gasteiger partial charge in [-0.3, -0.25) is 10.1 Å². The molecule has 0 aliphatic carbocycles. The third-order valence-electron chi connectivity index (χ3n) is 9.35. The van der Waals surface area contributed by atoms with Crippen LogP contribution in [0.5, 0.6) is 0 Å². The molecule has 3 heteroatoms. The van der Waals surface area contributed by atoms with Gasteiger partial charge in [0.2, 0.25) is 0 Å². The first kappa shape index (κ1) is 26.5. The predicted molar refractivity (Wildman–Crippen MR) is 197 cm³/mol. The zero-order valence-electron chi connectivity index (χ0n) is 25.2. The summed E-state index contributed by atoms with van der Waals surface area (Å²) in [6.45, 7) is 0. The second kappa shape index (κ2) is 10.6. The Labute approximate surface area is 266 Å². The van der Waals surface area contributed by atoms with Crippen LogP contribution in [0.1, 0.15) is 17.2 Å². The lowest BCUT2D eigenvalue weighted by molar-refractivity contribution is 0.907. The van der Waals surface area contributed by atoms with Gasteiger partial charge in [0.1, 0.15) is 0 Å². The quantitative estimate of drug-likeness (QED) is 0.196. The minimum Gasteiger partial charge on any atom is -0.321 e. The Morgan fingerprint density at radius 2 is 1.15 bits per heavy atom. The maximum atomic E-state index is 6.90. The number of hydrogen-bond donors (Lipinski definition) is 2. The average molecular weight is 590 g/mol. The first-order valence-electron chi connectivity index (χ1n) is 15.8. The molecule has 9 aromatic rings. The molecular formula is C43H31N3. The van der Waals surface area contributed by atoms with E-state index in [-0.39, 0.29) is 6.04 Å². The molecule has 0 spiro atoms. The number of para-hydroxylation sites is 1. The first-order valence-corrected chi connectivity index (χ1v) is 15.8. The standard InChI is InChI=1S/C43H31N3/c44-38(30-14-2-1-3-15-30)27-39(32-23-22-28-12-4-5-16-31(28)26-32)45-46-40-21-11-10-20-37(40)42-41-33-17-7-6-13-29(33)24-25-35(41)34-18-8-9-19-36(34)43(42)46/h1-27,38,45H,44H2/b39-27-. The number of nitrogens with two attached hydrogens (primary N) is 1. The second-order valence-corrected chi connectivity index (χ2v) is 12.0. The highest BCUT2D eigenvalue weighted by atomic mass is 15.4. The molecule has 0 amide bonds. The molecule has 1 unspecified atom stereocenters. The van der Waals surface area contributed by atoms with Gasteiger partial charge < -0.3 is 5.73 Å². The Morgan fingerprint density at radius 1 is 0.522 bits per heavy atom. The summed E-state index contributed by atoms with van der Waals surface area (Å²) in [4.78, 5) is 0. The van der Waals surface area contributed by atoms with Gasteiger partial charge in [-0.1, -0.05) is 146 Å². The van der Waals surface area contributed by atoms with Crippen molar-refractivity contribution in [2.24, 2.45) is 5.73 Å². The molecular weight excluding hydrogens is 558 g/mol. The van der Waals surface area contributed by atoms with E-state index < -0.39 is 0 Å². The van der Waals surface area contributed by atoms with E-state index in [1.54, 1.807) is 0 Å². The van der Waals surface area contributed by atoms with Gasteiger partial charge in [-0.15, -0.1) is 0 Å². The van der Waals surface area contributed by atoms with E-state index in [4.69, 9.17) is 5.73 Å². The van der Waals surface area contributed by atoms with Gasteiger partial charge in [-0.25, -0.2) is 0 Å². The number of hydrogen-bond acceptors (Lipinski definition) is 2. The van der Waals surface area contributed by atoms with Crippen molar-refractivity contribution in [3.63, 3.8) is 0 Å². The fraction of sp³-hybridized carbons (Fsp3) is 0.0233. The summed E-state index contributed by atoms with van der Waals surface area (Å²) in [6.07, 6.45) is 2.15. The Morgan fingerprint density at radius 3 is 1.98 bits per heavy atom. The number of rotatable bonds is 5. The van der Waals surface area contributed by atoms with Crippen molar-refractivity contribution in [1.29, 1.82) is 0 Å². The van der Waals surface area contributed by atoms with Gasteiger partial charge >= 0.3 is 0 Å². The molecule has 0 fully saturated rings. The number of nitrogens with zero attached hydrogens (tertiary/aromatic N) is 1. The van der Waals surface area contributed by atoms with E-state index in [9.17, 15) is 0 Å². The average Bonchev–Trinajstić information content (AvgIpc) is 3.45. The normalized spacial score (nSPS) is 12.9. The van der Waals surface area contributed by atoms with Crippen LogP contribution in [0.4, 0.5) is 0 Å². The molecule has 0 saturated heterocycles. The van der Waals surface area contributed by atoms with Crippen molar-refractivity contribution in [3.05, 3.63) is 175 Å². The maximum absolute atomic E-state index is 6.90. The van der Waals surface area contributed by atoms with Crippen LogP contribution in [-0.2, 0) is 0 Å². The molecule has 8 aromatic carbocycles. The van der Waals surface area contributed by atoms with Gasteiger partial charge in [0.15, 0.2) is 0 Å². The van der Waals surface area contributed by atoms with Crippen molar-refractivity contribution in [2.75, 3.05) is 5.43 Å². The Hall–Kier alpha value is -5.90. The molecule has 9 rings (SSSR count). The fourth-order valence-corrected chi connectivity index (χ4v) is 7.18. The summed E-state index contributed by atoms with van der Waals surface area (Å²) in [5.74, 6) is 0. The van der Waals surface area contributed by atoms with E-state index >= 15 is 0 Å². The third kappa shape index (κ3) is 4.17. The minimum atomic E-state index is -0.301. The van der Waals surface area contributed by atoms with Crippen molar-refractivity contribution in [1.82, 2.24) is 4.68 Å². The second-order valence-electron chi connectivity index (χ2n) is 12.0. The van der Waals surface area contributed by atoms with Crippen LogP contribution >= 0.6 is 0 Å². The van der Waals surface area contributed by atoms with Crippen LogP contribution in [0.3, 0.4) is 0 Å². The molecule has 0 aliphatic rings. The topological polar surface area (TPSA) is 43.0 Å². The van der Waals surface area contributed by atoms with Gasteiger partial charge in [0, 0.05) is 21.5 Å². The van der Waals surface area contributed by atoms with Gasteiger partial charge in [-0.2, -0.15) is 0 Å². The lowest BCUT2D eigenvalue weighted by Crippen LogP contribution is -2.16. The molecule has 1 heterocycles. The molecule has 0 radical (unpaired) electrons. The lowest BCUT2D eigenvalue weighted by Gasteiger charge is -2.19. The first-order chi connectivity index (χ1) is 22.7. The molecule has 1 atom stereocenters. The van der Waals surface area contributed by atoms with Gasteiger partial charge in [0.25, 0.3) is 0 Å². The number of benzene rings is 8. The number of fused-ring (bicyclic) bond motifs is 11. The highest BCUT2D eigenvalue weighted by Gasteiger charge is 2.20. The molecule has 218 valence electrons. The summed E-state index contributed by atoms with van der Waals surface area (Å²) in [5.41, 5.74) is 16.2. The SMILES string of the molecule is NC(/C=C(\Nn1c2ccccc2c2c3c4ccccc4ccc3c3ccccc3c21)c1ccc2ccccc2c1)c1ccccc1. The van der Waals surface area contributed by atoms with E-state index in [0.29, 0.717) is 0 Å². The van der Waals surface area contributed by atoms with Crippen LogP contribution in [0.25, 0.3) is 70.6 Å². The number of aromatic nitrogens is 1. The third-order valence-corrected chi connectivity index (χ3v) is 9.35. The molecule has 0 aliphatic heterocycles. The largest absolute Gasteiger partial charge is 0.321 e. The zero-order valence-corrected chi connectivity index (χ0v) is 25.2. The van der Waals surface area contributed by atoms with Crippen LogP contribution in [0.15, 0.2) is 164 Å². The van der Waals surface area contributed by atoms with Crippen LogP contribution in [0, 0.1) is 0 Å². The molecule has 3 N–H and O–H groups in total. The molecule has 1 aromatic heterocycles. The monoisotopic (exact) mass is 589 g/mol. The lowest BCUT2D eigenvalue weighted by atomic mass is 9.93. The highest BCUT2D eigenvalue weighted by molar-refractivity contribution is 6.36. The van der Waals surface area contributed by atoms with Crippen LogP contribution in [0.2, 0.25) is 0 Å². The van der Waals surface area contributed by atoms with Gasteiger partial charge in [0.05, 0.1) is 22.8 Å². The van der Waals surface area contributed by atoms with E-state index in [1.807, 2.05) is 18.2 Å². The van der Waals surface area contributed by atoms with Crippen LogP contribution < -0.4 is 11.2 Å². The van der Waals surface area contributed by atoms with Crippen LogP contribution in [-0.4, -0.2) is 4.68 Å². The minimum absolute atomic E-state index is 0.301. The van der Waals surface area contributed by atoms with Crippen molar-refractivity contribution >= 4 is 70.6 Å². The molecule has 46 heavy (non-hydrogen) atoms. The van der Waals surface area contributed by atoms with Crippen molar-refractivity contribution < 1.29 is 0 Å². The summed E-state index contributed by atoms with van der Waals surface area (Å²) < 4.78 is 2.28. The van der Waals surface area contributed by atoms with E-state index in [1.165, 1.54) is 53.9 Å². The predicted octanol–water partition coefficient (Wildman–Crippen LogP) is 10.7. The van der Waals surface area contributed by atoms with E-state index in [2.05, 4.69) is 156 Å². The van der Waals surface area contributed by atoms with Gasteiger partial charge in [-0.05, 0) is 61.7 Å². The fourth-order valence-electron chi connectivity index (χ4n) is 7.18. The highest BCUT2D eigenvalue weighted by Crippen LogP contribution is 2.43. The summed E-state index contributed by atoms with van der Waals surface area (Å²) in [6, 6.07) is 55.9. The zero-order chi connectivity index (χ0) is 30.6. The summed E-state index contributed by atoms with van der Waals surface area (Å²) in [7, 11) is 0. The Kier molecular flexibility index (Phi) is 6.12. The summed E-state index contributed by atoms with van der Waals surface area (Å²) >= 11 is 0. The van der Waals surface area contributed by atoms with Crippen molar-refractivity contribution in [3.8, 4) is 0 Å². The number of nitrogens with one attached hydrogen (secondary N) is 1. The Balaban J connectivity index is 1.38. The molecule has 3 nitrogen and oxygen atoms in total. The van der Waals surface area contributed by atoms with E-state index in [0.717, 1.165) is 27.9 Å². The van der Waals surface area contributed by atoms with Crippen molar-refractivity contribution in [2.45, 2.75) is 6.04 Å². The Bertz CT molecular complexity index is 2630.